The molecule has 1 aromatic carbocycles. The Morgan fingerprint density at radius 1 is 1.36 bits per heavy atom. The molecular formula is C11H9NO2. The van der Waals surface area contributed by atoms with Crippen LogP contribution in [-0.4, -0.2) is 10.9 Å². The van der Waals surface area contributed by atoms with Crippen LogP contribution in [0.4, 0.5) is 0 Å². The van der Waals surface area contributed by atoms with Crippen LogP contribution in [-0.2, 0) is 6.42 Å². The summed E-state index contributed by atoms with van der Waals surface area (Å²) in [6.07, 6.45) is 1.94. The van der Waals surface area contributed by atoms with Crippen molar-refractivity contribution >= 4 is 5.78 Å². The lowest BCUT2D eigenvalue weighted by molar-refractivity contribution is 0.0969. The predicted molar refractivity (Wildman–Crippen MR) is 50.1 cm³/mol. The molecule has 0 bridgehead atoms. The standard InChI is InChI=1S/C11H9NO2/c12-6-7-4-5-10(14)11-8(7)2-1-3-9(11)13/h4-5,14H,1-3H2. The van der Waals surface area contributed by atoms with E-state index in [1.165, 1.54) is 6.07 Å². The molecule has 1 aliphatic carbocycles. The number of carbonyl (C=O) groups excluding carboxylic acids is 1. The van der Waals surface area contributed by atoms with Crippen molar-refractivity contribution < 1.29 is 9.90 Å². The molecule has 3 nitrogen and oxygen atoms in total. The molecule has 0 amide bonds. The highest BCUT2D eigenvalue weighted by molar-refractivity contribution is 6.01. The molecule has 0 heterocycles. The van der Waals surface area contributed by atoms with E-state index in [2.05, 4.69) is 0 Å². The molecule has 0 aromatic heterocycles. The monoisotopic (exact) mass is 187 g/mol. The summed E-state index contributed by atoms with van der Waals surface area (Å²) in [5.41, 5.74) is 1.57. The smallest absolute Gasteiger partial charge is 0.166 e. The highest BCUT2D eigenvalue weighted by atomic mass is 16.3. The Kier molecular flexibility index (Phi) is 1.97. The minimum absolute atomic E-state index is 0.00343. The topological polar surface area (TPSA) is 61.1 Å². The van der Waals surface area contributed by atoms with E-state index in [1.807, 2.05) is 6.07 Å². The number of benzene rings is 1. The predicted octanol–water partition coefficient (Wildman–Crippen LogP) is 1.78. The summed E-state index contributed by atoms with van der Waals surface area (Å²) in [6.45, 7) is 0. The third kappa shape index (κ3) is 1.16. The van der Waals surface area contributed by atoms with Crippen molar-refractivity contribution in [2.75, 3.05) is 0 Å². The number of rotatable bonds is 0. The molecule has 0 fully saturated rings. The maximum atomic E-state index is 11.5. The second-order valence-corrected chi connectivity index (χ2v) is 3.37. The zero-order valence-corrected chi connectivity index (χ0v) is 7.58. The molecule has 1 aliphatic rings. The van der Waals surface area contributed by atoms with E-state index in [-0.39, 0.29) is 11.5 Å². The number of nitriles is 1. The Morgan fingerprint density at radius 3 is 2.86 bits per heavy atom. The molecule has 2 rings (SSSR count). The molecule has 1 N–H and O–H groups in total. The van der Waals surface area contributed by atoms with Gasteiger partial charge < -0.3 is 5.11 Å². The van der Waals surface area contributed by atoms with Gasteiger partial charge in [-0.2, -0.15) is 5.26 Å². The quantitative estimate of drug-likeness (QED) is 0.673. The van der Waals surface area contributed by atoms with E-state index in [4.69, 9.17) is 5.26 Å². The van der Waals surface area contributed by atoms with Crippen molar-refractivity contribution in [3.05, 3.63) is 28.8 Å². The Bertz CT molecular complexity index is 443. The first kappa shape index (κ1) is 8.76. The van der Waals surface area contributed by atoms with Crippen LogP contribution in [0.3, 0.4) is 0 Å². The maximum Gasteiger partial charge on any atom is 0.166 e. The molecule has 0 atom stereocenters. The van der Waals surface area contributed by atoms with E-state index < -0.39 is 0 Å². The summed E-state index contributed by atoms with van der Waals surface area (Å²) in [7, 11) is 0. The Labute approximate surface area is 81.6 Å². The summed E-state index contributed by atoms with van der Waals surface area (Å²) in [5.74, 6) is -0.0513. The van der Waals surface area contributed by atoms with Crippen LogP contribution in [0.5, 0.6) is 5.75 Å². The molecule has 0 aliphatic heterocycles. The van der Waals surface area contributed by atoms with E-state index in [0.29, 0.717) is 29.5 Å². The molecule has 70 valence electrons. The number of phenolic OH excluding ortho intramolecular Hbond substituents is 1. The fourth-order valence-electron chi connectivity index (χ4n) is 1.86. The van der Waals surface area contributed by atoms with Crippen molar-refractivity contribution in [3.63, 3.8) is 0 Å². The number of aromatic hydroxyl groups is 1. The number of hydrogen-bond acceptors (Lipinski definition) is 3. The van der Waals surface area contributed by atoms with Crippen molar-refractivity contribution in [2.45, 2.75) is 19.3 Å². The fraction of sp³-hybridized carbons (Fsp3) is 0.273. The Hall–Kier alpha value is -1.82. The highest BCUT2D eigenvalue weighted by Crippen LogP contribution is 2.30. The number of ketones is 1. The maximum absolute atomic E-state index is 11.5. The van der Waals surface area contributed by atoms with Crippen LogP contribution in [0.2, 0.25) is 0 Å². The van der Waals surface area contributed by atoms with Gasteiger partial charge in [-0.3, -0.25) is 4.79 Å². The van der Waals surface area contributed by atoms with Gasteiger partial charge >= 0.3 is 0 Å². The van der Waals surface area contributed by atoms with Crippen LogP contribution in [0, 0.1) is 11.3 Å². The zero-order chi connectivity index (χ0) is 10.1. The number of phenols is 1. The molecule has 0 radical (unpaired) electrons. The molecule has 14 heavy (non-hydrogen) atoms. The summed E-state index contributed by atoms with van der Waals surface area (Å²) in [4.78, 5) is 11.5. The van der Waals surface area contributed by atoms with Crippen molar-refractivity contribution in [1.29, 1.82) is 5.26 Å². The summed E-state index contributed by atoms with van der Waals surface area (Å²) in [6, 6.07) is 5.02. The largest absolute Gasteiger partial charge is 0.507 e. The van der Waals surface area contributed by atoms with Crippen LogP contribution < -0.4 is 0 Å². The van der Waals surface area contributed by atoms with Gasteiger partial charge in [-0.15, -0.1) is 0 Å². The first-order chi connectivity index (χ1) is 6.74. The summed E-state index contributed by atoms with van der Waals surface area (Å²) in [5, 5.41) is 18.3. The fourth-order valence-corrected chi connectivity index (χ4v) is 1.86. The molecule has 1 aromatic rings. The van der Waals surface area contributed by atoms with E-state index in [1.54, 1.807) is 6.07 Å². The summed E-state index contributed by atoms with van der Waals surface area (Å²) < 4.78 is 0. The van der Waals surface area contributed by atoms with Gasteiger partial charge in [0.05, 0.1) is 17.2 Å². The first-order valence-electron chi connectivity index (χ1n) is 4.52. The average molecular weight is 187 g/mol. The normalized spacial score (nSPS) is 14.6. The number of fused-ring (bicyclic) bond motifs is 1. The molecular weight excluding hydrogens is 178 g/mol. The Balaban J connectivity index is 2.71. The summed E-state index contributed by atoms with van der Waals surface area (Å²) >= 11 is 0. The minimum atomic E-state index is -0.0548. The SMILES string of the molecule is N#Cc1ccc(O)c2c1CCCC2=O. The van der Waals surface area contributed by atoms with Crippen LogP contribution in [0.25, 0.3) is 0 Å². The second-order valence-electron chi connectivity index (χ2n) is 3.37. The van der Waals surface area contributed by atoms with Gasteiger partial charge in [-0.25, -0.2) is 0 Å². The lowest BCUT2D eigenvalue weighted by Crippen LogP contribution is -2.12. The van der Waals surface area contributed by atoms with Gasteiger partial charge in [0.15, 0.2) is 5.78 Å². The molecule has 0 saturated carbocycles. The lowest BCUT2D eigenvalue weighted by atomic mass is 9.87. The first-order valence-corrected chi connectivity index (χ1v) is 4.52. The molecule has 0 unspecified atom stereocenters. The van der Waals surface area contributed by atoms with Gasteiger partial charge in [-0.1, -0.05) is 0 Å². The third-order valence-corrected chi connectivity index (χ3v) is 2.52. The second kappa shape index (κ2) is 3.15. The van der Waals surface area contributed by atoms with E-state index >= 15 is 0 Å². The highest BCUT2D eigenvalue weighted by Gasteiger charge is 2.23. The number of hydrogen-bond donors (Lipinski definition) is 1. The van der Waals surface area contributed by atoms with E-state index in [9.17, 15) is 9.90 Å². The van der Waals surface area contributed by atoms with E-state index in [0.717, 1.165) is 6.42 Å². The third-order valence-electron chi connectivity index (χ3n) is 2.52. The number of nitrogens with zero attached hydrogens (tertiary/aromatic N) is 1. The van der Waals surface area contributed by atoms with Gasteiger partial charge in [0, 0.05) is 6.42 Å². The van der Waals surface area contributed by atoms with Crippen LogP contribution in [0.1, 0.15) is 34.3 Å². The average Bonchev–Trinajstić information content (AvgIpc) is 2.18. The van der Waals surface area contributed by atoms with Gasteiger partial charge in [0.25, 0.3) is 0 Å². The Morgan fingerprint density at radius 2 is 2.14 bits per heavy atom. The zero-order valence-electron chi connectivity index (χ0n) is 7.58. The lowest BCUT2D eigenvalue weighted by Gasteiger charge is -2.16. The number of carbonyl (C=O) groups is 1. The number of Topliss-reactive ketones (excluding diaryl/α,β-unsaturated/α-hetero) is 1. The van der Waals surface area contributed by atoms with Gasteiger partial charge in [0.1, 0.15) is 5.75 Å². The minimum Gasteiger partial charge on any atom is -0.507 e. The van der Waals surface area contributed by atoms with Crippen molar-refractivity contribution in [2.24, 2.45) is 0 Å². The molecule has 0 saturated heterocycles. The van der Waals surface area contributed by atoms with Gasteiger partial charge in [0.2, 0.25) is 0 Å². The molecule has 0 spiro atoms. The van der Waals surface area contributed by atoms with Crippen molar-refractivity contribution in [3.8, 4) is 11.8 Å². The van der Waals surface area contributed by atoms with Gasteiger partial charge in [-0.05, 0) is 30.5 Å². The van der Waals surface area contributed by atoms with Crippen molar-refractivity contribution in [1.82, 2.24) is 0 Å². The molecule has 3 heteroatoms. The van der Waals surface area contributed by atoms with Crippen LogP contribution in [0.15, 0.2) is 12.1 Å². The van der Waals surface area contributed by atoms with Crippen LogP contribution >= 0.6 is 0 Å².